The highest BCUT2D eigenvalue weighted by atomic mass is 15.2. The zero-order valence-electron chi connectivity index (χ0n) is 5.15. The average molecular weight is 99.2 g/mol. The molecule has 1 atom stereocenters. The Morgan fingerprint density at radius 2 is 2.43 bits per heavy atom. The second-order valence-corrected chi connectivity index (χ2v) is 2.27. The van der Waals surface area contributed by atoms with Crippen LogP contribution in [0.15, 0.2) is 0 Å². The van der Waals surface area contributed by atoms with Crippen molar-refractivity contribution in [3.63, 3.8) is 0 Å². The van der Waals surface area contributed by atoms with E-state index in [1.54, 1.807) is 0 Å². The maximum atomic E-state index is 2.47. The van der Waals surface area contributed by atoms with Crippen LogP contribution in [0.3, 0.4) is 0 Å². The highest BCUT2D eigenvalue weighted by Crippen LogP contribution is 2.14. The molecule has 0 amide bonds. The molecule has 1 heterocycles. The Hall–Kier alpha value is -0.0400. The van der Waals surface area contributed by atoms with Crippen LogP contribution in [-0.4, -0.2) is 24.0 Å². The van der Waals surface area contributed by atoms with E-state index in [0.717, 1.165) is 6.04 Å². The smallest absolute Gasteiger partial charge is 0.00789 e. The first-order valence-corrected chi connectivity index (χ1v) is 3.08. The fourth-order valence-corrected chi connectivity index (χ4v) is 1.04. The molecular formula is C6H13N. The van der Waals surface area contributed by atoms with Crippen LogP contribution in [0.1, 0.15) is 20.3 Å². The Balaban J connectivity index is 2.16. The van der Waals surface area contributed by atoms with E-state index in [2.05, 4.69) is 18.7 Å². The molecule has 7 heavy (non-hydrogen) atoms. The molecule has 0 spiro atoms. The summed E-state index contributed by atoms with van der Waals surface area (Å²) in [6.45, 7) is 7.07. The molecule has 42 valence electrons. The van der Waals surface area contributed by atoms with E-state index in [1.165, 1.54) is 19.5 Å². The largest absolute Gasteiger partial charge is 0.301 e. The summed E-state index contributed by atoms with van der Waals surface area (Å²) >= 11 is 0. The van der Waals surface area contributed by atoms with E-state index in [4.69, 9.17) is 0 Å². The predicted molar refractivity (Wildman–Crippen MR) is 31.3 cm³/mol. The molecule has 0 N–H and O–H groups in total. The fourth-order valence-electron chi connectivity index (χ4n) is 1.04. The molecule has 0 aromatic carbocycles. The molecule has 0 saturated carbocycles. The topological polar surface area (TPSA) is 3.24 Å². The molecule has 1 saturated heterocycles. The van der Waals surface area contributed by atoms with Crippen LogP contribution in [0.25, 0.3) is 0 Å². The lowest BCUT2D eigenvalue weighted by Gasteiger charge is -2.37. The minimum Gasteiger partial charge on any atom is -0.301 e. The molecular weight excluding hydrogens is 86.1 g/mol. The van der Waals surface area contributed by atoms with Gasteiger partial charge in [-0.25, -0.2) is 0 Å². The van der Waals surface area contributed by atoms with Gasteiger partial charge < -0.3 is 4.90 Å². The highest BCUT2D eigenvalue weighted by molar-refractivity contribution is 4.76. The molecule has 0 radical (unpaired) electrons. The lowest BCUT2D eigenvalue weighted by molar-refractivity contribution is 0.113. The normalized spacial score (nSPS) is 32.6. The molecule has 0 aromatic heterocycles. The Labute approximate surface area is 45.3 Å². The van der Waals surface area contributed by atoms with E-state index in [1.807, 2.05) is 0 Å². The summed E-state index contributed by atoms with van der Waals surface area (Å²) in [7, 11) is 0. The number of rotatable bonds is 1. The van der Waals surface area contributed by atoms with Crippen molar-refractivity contribution < 1.29 is 0 Å². The molecule has 1 rings (SSSR count). The van der Waals surface area contributed by atoms with Crippen molar-refractivity contribution in [1.82, 2.24) is 4.90 Å². The van der Waals surface area contributed by atoms with Gasteiger partial charge in [-0.3, -0.25) is 0 Å². The summed E-state index contributed by atoms with van der Waals surface area (Å²) in [6, 6.07) is 0.880. The van der Waals surface area contributed by atoms with Crippen LogP contribution >= 0.6 is 0 Å². The van der Waals surface area contributed by atoms with Gasteiger partial charge in [0.2, 0.25) is 0 Å². The molecule has 1 aliphatic rings. The zero-order chi connectivity index (χ0) is 5.28. The molecule has 1 fully saturated rings. The van der Waals surface area contributed by atoms with Gasteiger partial charge in [0.1, 0.15) is 0 Å². The minimum atomic E-state index is 0.880. The summed E-state index contributed by atoms with van der Waals surface area (Å²) in [4.78, 5) is 2.47. The number of hydrogen-bond donors (Lipinski definition) is 0. The first-order valence-electron chi connectivity index (χ1n) is 3.08. The minimum absolute atomic E-state index is 0.880. The lowest BCUT2D eigenvalue weighted by atomic mass is 10.1. The van der Waals surface area contributed by atoms with Crippen molar-refractivity contribution in [1.29, 1.82) is 0 Å². The van der Waals surface area contributed by atoms with Gasteiger partial charge in [-0.2, -0.15) is 0 Å². The average Bonchev–Trinajstić information content (AvgIpc) is 1.65. The van der Waals surface area contributed by atoms with E-state index in [-0.39, 0.29) is 0 Å². The summed E-state index contributed by atoms with van der Waals surface area (Å²) in [5.41, 5.74) is 0. The zero-order valence-corrected chi connectivity index (χ0v) is 5.15. The SMILES string of the molecule is CCN1CC[C@H]1C. The Morgan fingerprint density at radius 1 is 1.71 bits per heavy atom. The fraction of sp³-hybridized carbons (Fsp3) is 1.00. The van der Waals surface area contributed by atoms with Gasteiger partial charge in [-0.15, -0.1) is 0 Å². The van der Waals surface area contributed by atoms with E-state index < -0.39 is 0 Å². The Bertz CT molecular complexity index is 59.2. The summed E-state index contributed by atoms with van der Waals surface area (Å²) in [6.07, 6.45) is 1.41. The van der Waals surface area contributed by atoms with Crippen molar-refractivity contribution in [2.75, 3.05) is 13.1 Å². The molecule has 0 unspecified atom stereocenters. The molecule has 1 aliphatic heterocycles. The first-order chi connectivity index (χ1) is 3.34. The Morgan fingerprint density at radius 3 is 2.43 bits per heavy atom. The van der Waals surface area contributed by atoms with E-state index in [0.29, 0.717) is 0 Å². The van der Waals surface area contributed by atoms with Crippen LogP contribution in [-0.2, 0) is 0 Å². The number of hydrogen-bond acceptors (Lipinski definition) is 1. The Kier molecular flexibility index (Phi) is 1.33. The van der Waals surface area contributed by atoms with Gasteiger partial charge in [0.25, 0.3) is 0 Å². The third-order valence-corrected chi connectivity index (χ3v) is 1.86. The lowest BCUT2D eigenvalue weighted by Crippen LogP contribution is -2.45. The third-order valence-electron chi connectivity index (χ3n) is 1.86. The van der Waals surface area contributed by atoms with Crippen molar-refractivity contribution in [2.45, 2.75) is 26.3 Å². The second-order valence-electron chi connectivity index (χ2n) is 2.27. The van der Waals surface area contributed by atoms with Gasteiger partial charge in [0.15, 0.2) is 0 Å². The number of nitrogens with zero attached hydrogens (tertiary/aromatic N) is 1. The molecule has 1 heteroatoms. The molecule has 0 aromatic rings. The standard InChI is InChI=1S/C6H13N/c1-3-7-5-4-6(7)2/h6H,3-5H2,1-2H3/t6-/m1/s1. The van der Waals surface area contributed by atoms with Gasteiger partial charge >= 0.3 is 0 Å². The van der Waals surface area contributed by atoms with Crippen LogP contribution in [0, 0.1) is 0 Å². The highest BCUT2D eigenvalue weighted by Gasteiger charge is 2.20. The summed E-state index contributed by atoms with van der Waals surface area (Å²) < 4.78 is 0. The van der Waals surface area contributed by atoms with Gasteiger partial charge in [0.05, 0.1) is 0 Å². The van der Waals surface area contributed by atoms with Gasteiger partial charge in [0, 0.05) is 6.04 Å². The monoisotopic (exact) mass is 99.1 g/mol. The van der Waals surface area contributed by atoms with Gasteiger partial charge in [-0.05, 0) is 26.4 Å². The van der Waals surface area contributed by atoms with Crippen molar-refractivity contribution >= 4 is 0 Å². The van der Waals surface area contributed by atoms with Crippen LogP contribution in [0.4, 0.5) is 0 Å². The number of likely N-dealkylation sites (tertiary alicyclic amines) is 1. The molecule has 0 aliphatic carbocycles. The van der Waals surface area contributed by atoms with Gasteiger partial charge in [-0.1, -0.05) is 6.92 Å². The van der Waals surface area contributed by atoms with Crippen molar-refractivity contribution in [3.05, 3.63) is 0 Å². The molecule has 1 nitrogen and oxygen atoms in total. The van der Waals surface area contributed by atoms with E-state index in [9.17, 15) is 0 Å². The maximum absolute atomic E-state index is 2.47. The molecule has 0 bridgehead atoms. The predicted octanol–water partition coefficient (Wildman–Crippen LogP) is 1.10. The van der Waals surface area contributed by atoms with Crippen LogP contribution in [0.5, 0.6) is 0 Å². The van der Waals surface area contributed by atoms with Crippen molar-refractivity contribution in [2.24, 2.45) is 0 Å². The second kappa shape index (κ2) is 1.83. The van der Waals surface area contributed by atoms with Crippen LogP contribution in [0.2, 0.25) is 0 Å². The first kappa shape index (κ1) is 5.10. The van der Waals surface area contributed by atoms with Crippen LogP contribution < -0.4 is 0 Å². The van der Waals surface area contributed by atoms with Crippen molar-refractivity contribution in [3.8, 4) is 0 Å². The quantitative estimate of drug-likeness (QED) is 0.476. The summed E-state index contributed by atoms with van der Waals surface area (Å²) in [5, 5.41) is 0. The maximum Gasteiger partial charge on any atom is 0.00789 e. The van der Waals surface area contributed by atoms with E-state index >= 15 is 0 Å². The third kappa shape index (κ3) is 0.778. The summed E-state index contributed by atoms with van der Waals surface area (Å²) in [5.74, 6) is 0.